The van der Waals surface area contributed by atoms with Crippen LogP contribution in [0, 0.1) is 18.3 Å². The van der Waals surface area contributed by atoms with Crippen LogP contribution >= 0.6 is 0 Å². The molecule has 1 N–H and O–H groups in total. The number of carbonyl (C=O) groups excluding carboxylic acids is 1. The van der Waals surface area contributed by atoms with Gasteiger partial charge in [-0.2, -0.15) is 5.26 Å². The summed E-state index contributed by atoms with van der Waals surface area (Å²) in [7, 11) is 3.07. The summed E-state index contributed by atoms with van der Waals surface area (Å²) in [5.74, 6) is 0.651. The number of hydrogen-bond acceptors (Lipinski definition) is 4. The van der Waals surface area contributed by atoms with Crippen LogP contribution in [0.25, 0.3) is 6.08 Å². The Morgan fingerprint density at radius 3 is 2.50 bits per heavy atom. The molecule has 0 fully saturated rings. The molecule has 24 heavy (non-hydrogen) atoms. The molecule has 0 radical (unpaired) electrons. The lowest BCUT2D eigenvalue weighted by atomic mass is 10.1. The second-order valence-corrected chi connectivity index (χ2v) is 5.11. The van der Waals surface area contributed by atoms with E-state index in [1.54, 1.807) is 31.4 Å². The maximum atomic E-state index is 12.3. The van der Waals surface area contributed by atoms with Crippen molar-refractivity contribution in [1.29, 1.82) is 5.26 Å². The van der Waals surface area contributed by atoms with Gasteiger partial charge in [-0.25, -0.2) is 0 Å². The summed E-state index contributed by atoms with van der Waals surface area (Å²) in [6.45, 7) is 1.93. The topological polar surface area (TPSA) is 71.3 Å². The highest BCUT2D eigenvalue weighted by Crippen LogP contribution is 2.28. The van der Waals surface area contributed by atoms with E-state index in [-0.39, 0.29) is 5.57 Å². The first kappa shape index (κ1) is 17.1. The average Bonchev–Trinajstić information content (AvgIpc) is 2.59. The third-order valence-corrected chi connectivity index (χ3v) is 3.36. The molecular weight excluding hydrogens is 304 g/mol. The maximum Gasteiger partial charge on any atom is 0.266 e. The molecule has 0 atom stereocenters. The predicted molar refractivity (Wildman–Crippen MR) is 92.9 cm³/mol. The highest BCUT2D eigenvalue weighted by Gasteiger charge is 2.11. The minimum atomic E-state index is -0.460. The van der Waals surface area contributed by atoms with E-state index in [9.17, 15) is 10.1 Å². The smallest absolute Gasteiger partial charge is 0.266 e. The van der Waals surface area contributed by atoms with Crippen LogP contribution in [0.5, 0.6) is 11.5 Å². The zero-order valence-corrected chi connectivity index (χ0v) is 13.8. The molecule has 0 aliphatic rings. The van der Waals surface area contributed by atoms with E-state index in [0.29, 0.717) is 22.7 Å². The van der Waals surface area contributed by atoms with E-state index >= 15 is 0 Å². The summed E-state index contributed by atoms with van der Waals surface area (Å²) in [6, 6.07) is 14.5. The monoisotopic (exact) mass is 322 g/mol. The molecule has 2 rings (SSSR count). The van der Waals surface area contributed by atoms with E-state index in [1.807, 2.05) is 31.2 Å². The number of ether oxygens (including phenoxy) is 2. The highest BCUT2D eigenvalue weighted by molar-refractivity contribution is 6.09. The van der Waals surface area contributed by atoms with Gasteiger partial charge in [-0.15, -0.1) is 0 Å². The third-order valence-electron chi connectivity index (χ3n) is 3.36. The van der Waals surface area contributed by atoms with E-state index in [4.69, 9.17) is 9.47 Å². The van der Waals surface area contributed by atoms with Crippen molar-refractivity contribution in [2.24, 2.45) is 0 Å². The number of nitrogens with one attached hydrogen (secondary N) is 1. The molecule has 0 unspecified atom stereocenters. The Bertz CT molecular complexity index is 820. The Balaban J connectivity index is 2.25. The molecule has 0 spiro atoms. The fourth-order valence-corrected chi connectivity index (χ4v) is 2.18. The average molecular weight is 322 g/mol. The number of nitriles is 1. The van der Waals surface area contributed by atoms with Crippen LogP contribution in [0.2, 0.25) is 0 Å². The second kappa shape index (κ2) is 7.84. The summed E-state index contributed by atoms with van der Waals surface area (Å²) in [6.07, 6.45) is 1.51. The van der Waals surface area contributed by atoms with Crippen molar-refractivity contribution >= 4 is 17.7 Å². The Kier molecular flexibility index (Phi) is 5.58. The Morgan fingerprint density at radius 1 is 1.12 bits per heavy atom. The predicted octanol–water partition coefficient (Wildman–Crippen LogP) is 3.56. The maximum absolute atomic E-state index is 12.3. The van der Waals surface area contributed by atoms with E-state index < -0.39 is 5.91 Å². The molecule has 122 valence electrons. The van der Waals surface area contributed by atoms with Crippen LogP contribution in [-0.2, 0) is 4.79 Å². The van der Waals surface area contributed by atoms with Gasteiger partial charge in [0.15, 0.2) is 11.5 Å². The molecule has 5 nitrogen and oxygen atoms in total. The Hall–Kier alpha value is -3.26. The lowest BCUT2D eigenvalue weighted by molar-refractivity contribution is -0.112. The van der Waals surface area contributed by atoms with Crippen molar-refractivity contribution in [3.8, 4) is 17.6 Å². The number of carbonyl (C=O) groups is 1. The zero-order valence-electron chi connectivity index (χ0n) is 13.8. The van der Waals surface area contributed by atoms with Crippen molar-refractivity contribution in [3.05, 3.63) is 59.2 Å². The zero-order chi connectivity index (χ0) is 17.5. The molecule has 0 saturated carbocycles. The van der Waals surface area contributed by atoms with Crippen molar-refractivity contribution in [3.63, 3.8) is 0 Å². The van der Waals surface area contributed by atoms with Gasteiger partial charge in [0, 0.05) is 5.69 Å². The quantitative estimate of drug-likeness (QED) is 0.675. The van der Waals surface area contributed by atoms with Gasteiger partial charge in [-0.05, 0) is 48.4 Å². The lowest BCUT2D eigenvalue weighted by Crippen LogP contribution is -2.13. The van der Waals surface area contributed by atoms with Gasteiger partial charge >= 0.3 is 0 Å². The number of rotatable bonds is 5. The standard InChI is InChI=1S/C19H18N2O3/c1-13-5-4-6-16(9-13)21-19(22)15(12-20)10-14-7-8-17(23-2)18(11-14)24-3/h4-11H,1-3H3,(H,21,22)/b15-10-. The molecule has 0 aliphatic heterocycles. The largest absolute Gasteiger partial charge is 0.493 e. The van der Waals surface area contributed by atoms with Crippen LogP contribution in [0.4, 0.5) is 5.69 Å². The van der Waals surface area contributed by atoms with E-state index in [1.165, 1.54) is 13.2 Å². The molecule has 5 heteroatoms. The van der Waals surface area contributed by atoms with Crippen molar-refractivity contribution in [1.82, 2.24) is 0 Å². The highest BCUT2D eigenvalue weighted by atomic mass is 16.5. The number of hydrogen-bond donors (Lipinski definition) is 1. The summed E-state index contributed by atoms with van der Waals surface area (Å²) < 4.78 is 10.4. The van der Waals surface area contributed by atoms with E-state index in [2.05, 4.69) is 5.32 Å². The third kappa shape index (κ3) is 4.14. The van der Waals surface area contributed by atoms with Crippen LogP contribution in [0.15, 0.2) is 48.0 Å². The summed E-state index contributed by atoms with van der Waals surface area (Å²) >= 11 is 0. The van der Waals surface area contributed by atoms with E-state index in [0.717, 1.165) is 5.56 Å². The SMILES string of the molecule is COc1ccc(/C=C(/C#N)C(=O)Nc2cccc(C)c2)cc1OC. The first-order valence-corrected chi connectivity index (χ1v) is 7.29. The number of amides is 1. The summed E-state index contributed by atoms with van der Waals surface area (Å²) in [5, 5.41) is 12.0. The molecule has 0 heterocycles. The minimum absolute atomic E-state index is 0.00345. The van der Waals surface area contributed by atoms with Crippen molar-refractivity contribution < 1.29 is 14.3 Å². The fraction of sp³-hybridized carbons (Fsp3) is 0.158. The van der Waals surface area contributed by atoms with Gasteiger partial charge < -0.3 is 14.8 Å². The molecule has 0 aromatic heterocycles. The Morgan fingerprint density at radius 2 is 1.88 bits per heavy atom. The first-order chi connectivity index (χ1) is 11.6. The molecular formula is C19H18N2O3. The Labute approximate surface area is 141 Å². The molecule has 2 aromatic rings. The van der Waals surface area contributed by atoms with Gasteiger partial charge in [0.2, 0.25) is 0 Å². The summed E-state index contributed by atoms with van der Waals surface area (Å²) in [4.78, 5) is 12.3. The molecule has 2 aromatic carbocycles. The molecule has 0 bridgehead atoms. The second-order valence-electron chi connectivity index (χ2n) is 5.11. The minimum Gasteiger partial charge on any atom is -0.493 e. The molecule has 0 aliphatic carbocycles. The van der Waals surface area contributed by atoms with Crippen LogP contribution in [0.1, 0.15) is 11.1 Å². The van der Waals surface area contributed by atoms with Crippen LogP contribution in [0.3, 0.4) is 0 Å². The van der Waals surface area contributed by atoms with Gasteiger partial charge in [-0.3, -0.25) is 4.79 Å². The first-order valence-electron chi connectivity index (χ1n) is 7.29. The van der Waals surface area contributed by atoms with Crippen LogP contribution in [-0.4, -0.2) is 20.1 Å². The van der Waals surface area contributed by atoms with Crippen molar-refractivity contribution in [2.45, 2.75) is 6.92 Å². The number of benzene rings is 2. The summed E-state index contributed by atoms with van der Waals surface area (Å²) in [5.41, 5.74) is 2.34. The van der Waals surface area contributed by atoms with Crippen LogP contribution < -0.4 is 14.8 Å². The number of methoxy groups -OCH3 is 2. The normalized spacial score (nSPS) is 10.7. The van der Waals surface area contributed by atoms with Gasteiger partial charge in [0.25, 0.3) is 5.91 Å². The van der Waals surface area contributed by atoms with Gasteiger partial charge in [-0.1, -0.05) is 18.2 Å². The van der Waals surface area contributed by atoms with Gasteiger partial charge in [0.05, 0.1) is 14.2 Å². The number of aryl methyl sites for hydroxylation is 1. The molecule has 0 saturated heterocycles. The number of nitrogens with zero attached hydrogens (tertiary/aromatic N) is 1. The number of anilines is 1. The lowest BCUT2D eigenvalue weighted by Gasteiger charge is -2.08. The van der Waals surface area contributed by atoms with Gasteiger partial charge in [0.1, 0.15) is 11.6 Å². The molecule has 1 amide bonds. The van der Waals surface area contributed by atoms with Crippen molar-refractivity contribution in [2.75, 3.05) is 19.5 Å². The fourth-order valence-electron chi connectivity index (χ4n) is 2.18.